The highest BCUT2D eigenvalue weighted by molar-refractivity contribution is 6.76. The number of nitrogens with zero attached hydrogens (tertiary/aromatic N) is 4. The van der Waals surface area contributed by atoms with Crippen molar-refractivity contribution >= 4 is 25.8 Å². The van der Waals surface area contributed by atoms with Crippen molar-refractivity contribution < 1.29 is 32.6 Å². The molecule has 0 bridgehead atoms. The highest BCUT2D eigenvalue weighted by Gasteiger charge is 2.36. The van der Waals surface area contributed by atoms with Crippen LogP contribution in [0.4, 0.5) is 19.0 Å². The highest BCUT2D eigenvalue weighted by atomic mass is 28.3. The maximum Gasteiger partial charge on any atom is 0.353 e. The monoisotopic (exact) mass is 546 g/mol. The maximum absolute atomic E-state index is 13.7. The van der Waals surface area contributed by atoms with Crippen LogP contribution in [0.15, 0.2) is 36.7 Å². The lowest BCUT2D eigenvalue weighted by atomic mass is 9.98. The molecule has 1 N–H and O–H groups in total. The van der Waals surface area contributed by atoms with E-state index in [4.69, 9.17) is 4.74 Å². The first-order chi connectivity index (χ1) is 18.0. The molecule has 12 heteroatoms. The second kappa shape index (κ2) is 11.1. The number of halogens is 3. The predicted molar refractivity (Wildman–Crippen MR) is 137 cm³/mol. The Hall–Kier alpha value is -3.51. The topological polar surface area (TPSA) is 97.5 Å². The summed E-state index contributed by atoms with van der Waals surface area (Å²) in [6.45, 7) is 7.24. The van der Waals surface area contributed by atoms with Crippen molar-refractivity contribution in [2.45, 2.75) is 45.3 Å². The summed E-state index contributed by atoms with van der Waals surface area (Å²) in [6, 6.07) is 5.89. The summed E-state index contributed by atoms with van der Waals surface area (Å²) in [7, 11) is -1.39. The minimum atomic E-state index is -1.56. The zero-order valence-corrected chi connectivity index (χ0v) is 22.4. The third-order valence-corrected chi connectivity index (χ3v) is 8.21. The van der Waals surface area contributed by atoms with E-state index in [2.05, 4.69) is 29.8 Å². The Morgan fingerprint density at radius 1 is 1.16 bits per heavy atom. The minimum Gasteiger partial charge on any atom is -0.477 e. The van der Waals surface area contributed by atoms with Crippen molar-refractivity contribution in [3.63, 3.8) is 0 Å². The van der Waals surface area contributed by atoms with Crippen LogP contribution in [0.2, 0.25) is 25.7 Å². The fraction of sp³-hybridized carbons (Fsp3) is 0.385. The van der Waals surface area contributed by atoms with Gasteiger partial charge in [0.15, 0.2) is 17.5 Å². The molecule has 0 saturated carbocycles. The molecular weight excluding hydrogens is 517 g/mol. The first kappa shape index (κ1) is 27.5. The van der Waals surface area contributed by atoms with Crippen LogP contribution in [0.3, 0.4) is 0 Å². The van der Waals surface area contributed by atoms with Gasteiger partial charge in [-0.05, 0) is 48.7 Å². The quantitative estimate of drug-likeness (QED) is 0.219. The number of carboxylic acid groups (broad SMARTS) is 1. The molecule has 1 fully saturated rings. The van der Waals surface area contributed by atoms with Gasteiger partial charge in [0, 0.05) is 38.3 Å². The Balaban J connectivity index is 1.66. The molecular formula is C26H29F3N4O4Si. The molecule has 202 valence electrons. The van der Waals surface area contributed by atoms with Gasteiger partial charge in [0.05, 0.1) is 12.4 Å². The summed E-state index contributed by atoms with van der Waals surface area (Å²) in [5.74, 6) is -5.98. The molecule has 1 aliphatic heterocycles. The van der Waals surface area contributed by atoms with E-state index in [-0.39, 0.29) is 36.9 Å². The summed E-state index contributed by atoms with van der Waals surface area (Å²) in [4.78, 5) is 27.3. The Morgan fingerprint density at radius 2 is 1.87 bits per heavy atom. The number of rotatable bonds is 10. The van der Waals surface area contributed by atoms with Crippen LogP contribution in [0.1, 0.15) is 22.5 Å². The predicted octanol–water partition coefficient (Wildman–Crippen LogP) is 4.97. The molecule has 0 spiro atoms. The van der Waals surface area contributed by atoms with Gasteiger partial charge in [0.1, 0.15) is 18.2 Å². The Labute approximate surface area is 219 Å². The normalized spacial score (nSPS) is 15.9. The van der Waals surface area contributed by atoms with E-state index < -0.39 is 37.4 Å². The zero-order valence-electron chi connectivity index (χ0n) is 21.4. The molecule has 3 heterocycles. The van der Waals surface area contributed by atoms with E-state index in [9.17, 15) is 27.9 Å². The molecule has 2 aromatic heterocycles. The van der Waals surface area contributed by atoms with Gasteiger partial charge in [0.25, 0.3) is 0 Å². The summed E-state index contributed by atoms with van der Waals surface area (Å²) in [6.07, 6.45) is 3.27. The highest BCUT2D eigenvalue weighted by Crippen LogP contribution is 2.36. The van der Waals surface area contributed by atoms with E-state index >= 15 is 0 Å². The van der Waals surface area contributed by atoms with Crippen molar-refractivity contribution in [2.24, 2.45) is 5.92 Å². The summed E-state index contributed by atoms with van der Waals surface area (Å²) >= 11 is 0. The molecule has 1 amide bonds. The summed E-state index contributed by atoms with van der Waals surface area (Å²) in [5.41, 5.74) is 0.983. The first-order valence-corrected chi connectivity index (χ1v) is 15.9. The molecule has 1 atom stereocenters. The van der Waals surface area contributed by atoms with E-state index in [0.717, 1.165) is 18.2 Å². The molecule has 3 aromatic rings. The molecule has 1 aromatic carbocycles. The van der Waals surface area contributed by atoms with Gasteiger partial charge < -0.3 is 9.84 Å². The van der Waals surface area contributed by atoms with E-state index in [0.29, 0.717) is 30.0 Å². The average molecular weight is 547 g/mol. The number of carbonyl (C=O) groups is 2. The van der Waals surface area contributed by atoms with Crippen LogP contribution < -0.4 is 4.90 Å². The molecule has 38 heavy (non-hydrogen) atoms. The van der Waals surface area contributed by atoms with Gasteiger partial charge >= 0.3 is 5.97 Å². The summed E-state index contributed by atoms with van der Waals surface area (Å²) < 4.78 is 48.2. The number of carboxylic acids is 1. The molecule has 0 aliphatic carbocycles. The van der Waals surface area contributed by atoms with E-state index in [1.807, 2.05) is 0 Å². The fourth-order valence-corrected chi connectivity index (χ4v) is 5.25. The van der Waals surface area contributed by atoms with Crippen molar-refractivity contribution in [3.8, 4) is 11.1 Å². The van der Waals surface area contributed by atoms with Gasteiger partial charge in [0.2, 0.25) is 5.91 Å². The number of anilines is 1. The van der Waals surface area contributed by atoms with Crippen molar-refractivity contribution in [1.29, 1.82) is 0 Å². The lowest BCUT2D eigenvalue weighted by molar-refractivity contribution is -0.120. The second-order valence-electron chi connectivity index (χ2n) is 10.5. The number of ether oxygens (including phenoxy) is 1. The Kier molecular flexibility index (Phi) is 8.02. The van der Waals surface area contributed by atoms with Crippen molar-refractivity contribution in [3.05, 3.63) is 65.4 Å². The van der Waals surface area contributed by atoms with Gasteiger partial charge in [-0.25, -0.2) is 18.0 Å². The van der Waals surface area contributed by atoms with Crippen LogP contribution in [0.5, 0.6) is 0 Å². The fourth-order valence-electron chi connectivity index (χ4n) is 4.49. The standard InChI is InChI=1S/C26H29F3N4O4Si/c1-38(2,3)9-8-37-15-33-22(13-19(24(33)26(35)36)18-4-6-30-31-14-18)32-7-5-17(25(32)34)10-16-11-20(27)23(29)21(28)12-16/h4,6,11-14,17H,5,7-10,15H2,1-3H3,(H,35,36). The number of aromatic nitrogens is 3. The third kappa shape index (κ3) is 5.96. The summed E-state index contributed by atoms with van der Waals surface area (Å²) in [5, 5.41) is 17.7. The lowest BCUT2D eigenvalue weighted by Gasteiger charge is -2.21. The van der Waals surface area contributed by atoms with Crippen LogP contribution >= 0.6 is 0 Å². The first-order valence-electron chi connectivity index (χ1n) is 12.2. The number of carbonyl (C=O) groups excluding carboxylic acids is 1. The van der Waals surface area contributed by atoms with E-state index in [1.54, 1.807) is 12.1 Å². The van der Waals surface area contributed by atoms with Crippen LogP contribution in [-0.4, -0.2) is 53.0 Å². The number of aromatic carboxylic acids is 1. The number of benzene rings is 1. The van der Waals surface area contributed by atoms with Gasteiger partial charge in [-0.3, -0.25) is 14.3 Å². The molecule has 1 unspecified atom stereocenters. The van der Waals surface area contributed by atoms with Crippen molar-refractivity contribution in [2.75, 3.05) is 18.1 Å². The molecule has 4 rings (SSSR count). The number of hydrogen-bond acceptors (Lipinski definition) is 5. The second-order valence-corrected chi connectivity index (χ2v) is 16.2. The lowest BCUT2D eigenvalue weighted by Crippen LogP contribution is -2.30. The smallest absolute Gasteiger partial charge is 0.353 e. The van der Waals surface area contributed by atoms with Crippen LogP contribution in [0.25, 0.3) is 11.1 Å². The van der Waals surface area contributed by atoms with Gasteiger partial charge in [-0.2, -0.15) is 10.2 Å². The number of amides is 1. The van der Waals surface area contributed by atoms with Crippen LogP contribution in [0, 0.1) is 23.4 Å². The zero-order chi connectivity index (χ0) is 27.6. The van der Waals surface area contributed by atoms with Gasteiger partial charge in [-0.1, -0.05) is 19.6 Å². The number of hydrogen-bond donors (Lipinski definition) is 1. The molecule has 1 saturated heterocycles. The van der Waals surface area contributed by atoms with Crippen molar-refractivity contribution in [1.82, 2.24) is 14.8 Å². The molecule has 1 aliphatic rings. The Bertz CT molecular complexity index is 1320. The van der Waals surface area contributed by atoms with E-state index in [1.165, 1.54) is 21.9 Å². The minimum absolute atomic E-state index is 0.0177. The molecule has 0 radical (unpaired) electrons. The van der Waals surface area contributed by atoms with Crippen LogP contribution in [-0.2, 0) is 22.7 Å². The third-order valence-electron chi connectivity index (χ3n) is 6.51. The van der Waals surface area contributed by atoms with Gasteiger partial charge in [-0.15, -0.1) is 0 Å². The largest absolute Gasteiger partial charge is 0.477 e. The average Bonchev–Trinajstić information content (AvgIpc) is 3.40. The maximum atomic E-state index is 13.7. The molecule has 8 nitrogen and oxygen atoms in total. The SMILES string of the molecule is C[Si](C)(C)CCOCn1c(N2CCC(Cc3cc(F)c(F)c(F)c3)C2=O)cc(-c2ccnnc2)c1C(=O)O. The Morgan fingerprint density at radius 3 is 2.47 bits per heavy atom.